The molecule has 100 valence electrons. The molecule has 0 saturated heterocycles. The Balaban J connectivity index is 1.77. The van der Waals surface area contributed by atoms with Crippen LogP contribution in [0.2, 0.25) is 5.02 Å². The monoisotopic (exact) mass is 286 g/mol. The lowest BCUT2D eigenvalue weighted by Crippen LogP contribution is -2.34. The first kappa shape index (κ1) is 12.7. The van der Waals surface area contributed by atoms with Gasteiger partial charge in [0.05, 0.1) is 17.8 Å². The molecule has 0 bridgehead atoms. The van der Waals surface area contributed by atoms with E-state index < -0.39 is 0 Å². The lowest BCUT2D eigenvalue weighted by atomic mass is 10.1. The van der Waals surface area contributed by atoms with Crippen LogP contribution >= 0.6 is 11.6 Å². The van der Waals surface area contributed by atoms with Gasteiger partial charge in [-0.15, -0.1) is 0 Å². The van der Waals surface area contributed by atoms with Gasteiger partial charge in [-0.05, 0) is 30.3 Å². The summed E-state index contributed by atoms with van der Waals surface area (Å²) in [5, 5.41) is 3.62. The average Bonchev–Trinajstić information content (AvgIpc) is 2.70. The smallest absolute Gasteiger partial charge is 0.263 e. The SMILES string of the molecule is O=C1c2ccccc2C(=O)N1CNc1cccc(Cl)c1. The van der Waals surface area contributed by atoms with Crippen LogP contribution in [0.15, 0.2) is 48.5 Å². The highest BCUT2D eigenvalue weighted by molar-refractivity contribution is 6.30. The maximum Gasteiger partial charge on any atom is 0.263 e. The van der Waals surface area contributed by atoms with Crippen molar-refractivity contribution in [1.29, 1.82) is 0 Å². The van der Waals surface area contributed by atoms with Gasteiger partial charge in [0, 0.05) is 10.7 Å². The Kier molecular flexibility index (Phi) is 3.16. The second-order valence-corrected chi connectivity index (χ2v) is 4.87. The van der Waals surface area contributed by atoms with Crippen LogP contribution in [0.25, 0.3) is 0 Å². The Labute approximate surface area is 121 Å². The fraction of sp³-hybridized carbons (Fsp3) is 0.0667. The van der Waals surface area contributed by atoms with E-state index in [0.29, 0.717) is 16.1 Å². The minimum atomic E-state index is -0.278. The van der Waals surface area contributed by atoms with Crippen LogP contribution in [-0.4, -0.2) is 23.4 Å². The summed E-state index contributed by atoms with van der Waals surface area (Å²) in [6, 6.07) is 13.9. The van der Waals surface area contributed by atoms with Crippen LogP contribution in [0.4, 0.5) is 5.69 Å². The van der Waals surface area contributed by atoms with E-state index in [2.05, 4.69) is 5.32 Å². The van der Waals surface area contributed by atoms with E-state index in [9.17, 15) is 9.59 Å². The van der Waals surface area contributed by atoms with Gasteiger partial charge >= 0.3 is 0 Å². The maximum atomic E-state index is 12.1. The van der Waals surface area contributed by atoms with E-state index >= 15 is 0 Å². The summed E-state index contributed by atoms with van der Waals surface area (Å²) < 4.78 is 0. The number of hydrogen-bond acceptors (Lipinski definition) is 3. The molecule has 5 heteroatoms. The molecule has 1 aliphatic rings. The fourth-order valence-electron chi connectivity index (χ4n) is 2.15. The molecule has 1 heterocycles. The lowest BCUT2D eigenvalue weighted by molar-refractivity contribution is 0.0666. The number of imide groups is 1. The van der Waals surface area contributed by atoms with Crippen molar-refractivity contribution in [3.05, 3.63) is 64.7 Å². The van der Waals surface area contributed by atoms with Crippen molar-refractivity contribution in [2.75, 3.05) is 12.0 Å². The molecule has 1 aliphatic heterocycles. The summed E-state index contributed by atoms with van der Waals surface area (Å²) in [5.74, 6) is -0.555. The molecule has 0 fully saturated rings. The molecule has 0 unspecified atom stereocenters. The first-order chi connectivity index (χ1) is 9.66. The van der Waals surface area contributed by atoms with Crippen LogP contribution < -0.4 is 5.32 Å². The lowest BCUT2D eigenvalue weighted by Gasteiger charge is -2.15. The zero-order valence-electron chi connectivity index (χ0n) is 10.5. The number of nitrogens with one attached hydrogen (secondary N) is 1. The van der Waals surface area contributed by atoms with Crippen LogP contribution in [0.5, 0.6) is 0 Å². The molecule has 2 aromatic carbocycles. The predicted molar refractivity (Wildman–Crippen MR) is 76.9 cm³/mol. The van der Waals surface area contributed by atoms with Crippen molar-refractivity contribution < 1.29 is 9.59 Å². The van der Waals surface area contributed by atoms with Crippen molar-refractivity contribution in [2.24, 2.45) is 0 Å². The zero-order chi connectivity index (χ0) is 14.1. The van der Waals surface area contributed by atoms with Crippen molar-refractivity contribution >= 4 is 29.1 Å². The number of carbonyl (C=O) groups excluding carboxylic acids is 2. The highest BCUT2D eigenvalue weighted by Gasteiger charge is 2.34. The molecule has 3 rings (SSSR count). The third-order valence-electron chi connectivity index (χ3n) is 3.14. The number of fused-ring (bicyclic) bond motifs is 1. The van der Waals surface area contributed by atoms with E-state index in [4.69, 9.17) is 11.6 Å². The van der Waals surface area contributed by atoms with E-state index in [-0.39, 0.29) is 18.5 Å². The standard InChI is InChI=1S/C15H11ClN2O2/c16-10-4-3-5-11(8-10)17-9-18-14(19)12-6-1-2-7-13(12)15(18)20/h1-8,17H,9H2. The molecule has 2 amide bonds. The first-order valence-corrected chi connectivity index (χ1v) is 6.49. The summed E-state index contributed by atoms with van der Waals surface area (Å²) in [5.41, 5.74) is 1.66. The number of nitrogens with zero attached hydrogens (tertiary/aromatic N) is 1. The number of amides is 2. The number of halogens is 1. The third-order valence-corrected chi connectivity index (χ3v) is 3.38. The minimum Gasteiger partial charge on any atom is -0.367 e. The Hall–Kier alpha value is -2.33. The molecule has 2 aromatic rings. The summed E-state index contributed by atoms with van der Waals surface area (Å²) in [6.07, 6.45) is 0. The Morgan fingerprint density at radius 3 is 2.20 bits per heavy atom. The molecule has 1 N–H and O–H groups in total. The number of rotatable bonds is 3. The van der Waals surface area contributed by atoms with E-state index in [1.807, 2.05) is 6.07 Å². The molecule has 20 heavy (non-hydrogen) atoms. The zero-order valence-corrected chi connectivity index (χ0v) is 11.2. The predicted octanol–water partition coefficient (Wildman–Crippen LogP) is 3.01. The van der Waals surface area contributed by atoms with Crippen molar-refractivity contribution in [3.8, 4) is 0 Å². The molecular weight excluding hydrogens is 276 g/mol. The van der Waals surface area contributed by atoms with E-state index in [1.54, 1.807) is 42.5 Å². The maximum absolute atomic E-state index is 12.1. The van der Waals surface area contributed by atoms with Crippen LogP contribution in [-0.2, 0) is 0 Å². The second-order valence-electron chi connectivity index (χ2n) is 4.43. The second kappa shape index (κ2) is 4.98. The van der Waals surface area contributed by atoms with Gasteiger partial charge in [0.25, 0.3) is 11.8 Å². The molecule has 0 atom stereocenters. The Morgan fingerprint density at radius 2 is 1.60 bits per heavy atom. The summed E-state index contributed by atoms with van der Waals surface area (Å²) in [7, 11) is 0. The highest BCUT2D eigenvalue weighted by Crippen LogP contribution is 2.22. The largest absolute Gasteiger partial charge is 0.367 e. The number of anilines is 1. The van der Waals surface area contributed by atoms with Gasteiger partial charge in [0.1, 0.15) is 0 Å². The quantitative estimate of drug-likeness (QED) is 0.883. The third kappa shape index (κ3) is 2.14. The minimum absolute atomic E-state index is 0.118. The summed E-state index contributed by atoms with van der Waals surface area (Å²) in [6.45, 7) is 0.118. The van der Waals surface area contributed by atoms with Crippen LogP contribution in [0.1, 0.15) is 20.7 Å². The van der Waals surface area contributed by atoms with Gasteiger partial charge in [0.15, 0.2) is 0 Å². The number of hydrogen-bond donors (Lipinski definition) is 1. The molecule has 4 nitrogen and oxygen atoms in total. The van der Waals surface area contributed by atoms with Crippen LogP contribution in [0, 0.1) is 0 Å². The van der Waals surface area contributed by atoms with Gasteiger partial charge in [-0.2, -0.15) is 0 Å². The molecule has 0 radical (unpaired) electrons. The Morgan fingerprint density at radius 1 is 0.950 bits per heavy atom. The van der Waals surface area contributed by atoms with Crippen molar-refractivity contribution in [2.45, 2.75) is 0 Å². The summed E-state index contributed by atoms with van der Waals surface area (Å²) >= 11 is 5.88. The van der Waals surface area contributed by atoms with Crippen LogP contribution in [0.3, 0.4) is 0 Å². The molecule has 0 aromatic heterocycles. The van der Waals surface area contributed by atoms with Gasteiger partial charge in [-0.1, -0.05) is 29.8 Å². The van der Waals surface area contributed by atoms with Crippen molar-refractivity contribution in [3.63, 3.8) is 0 Å². The van der Waals surface area contributed by atoms with E-state index in [1.165, 1.54) is 4.90 Å². The molecule has 0 saturated carbocycles. The number of benzene rings is 2. The topological polar surface area (TPSA) is 49.4 Å². The molecular formula is C15H11ClN2O2. The van der Waals surface area contributed by atoms with Gasteiger partial charge in [0.2, 0.25) is 0 Å². The first-order valence-electron chi connectivity index (χ1n) is 6.11. The molecule has 0 aliphatic carbocycles. The summed E-state index contributed by atoms with van der Waals surface area (Å²) in [4.78, 5) is 25.5. The van der Waals surface area contributed by atoms with Gasteiger partial charge < -0.3 is 5.32 Å². The number of carbonyl (C=O) groups is 2. The van der Waals surface area contributed by atoms with E-state index in [0.717, 1.165) is 5.69 Å². The normalized spacial score (nSPS) is 13.6. The van der Waals surface area contributed by atoms with Crippen molar-refractivity contribution in [1.82, 2.24) is 4.90 Å². The Bertz CT molecular complexity index is 665. The average molecular weight is 287 g/mol. The van der Waals surface area contributed by atoms with Gasteiger partial charge in [-0.3, -0.25) is 14.5 Å². The highest BCUT2D eigenvalue weighted by atomic mass is 35.5. The molecule has 0 spiro atoms. The fourth-order valence-corrected chi connectivity index (χ4v) is 2.34. The van der Waals surface area contributed by atoms with Gasteiger partial charge in [-0.25, -0.2) is 0 Å².